The van der Waals surface area contributed by atoms with Crippen molar-refractivity contribution in [2.75, 3.05) is 55.4 Å². The molecule has 0 atom stereocenters. The van der Waals surface area contributed by atoms with Crippen LogP contribution in [0.3, 0.4) is 0 Å². The zero-order chi connectivity index (χ0) is 19.4. The molecule has 0 unspecified atom stereocenters. The van der Waals surface area contributed by atoms with Gasteiger partial charge in [-0.25, -0.2) is 4.79 Å². The lowest BCUT2D eigenvalue weighted by Crippen LogP contribution is -2.50. The normalized spacial score (nSPS) is 14.2. The fourth-order valence-corrected chi connectivity index (χ4v) is 3.52. The highest BCUT2D eigenvalue weighted by molar-refractivity contribution is 5.91. The SMILES string of the molecule is CCc1cccc(C)c1NC(=O)N1CCN(c2ccc(N(C)C)cc2)CC1. The Morgan fingerprint density at radius 1 is 1.04 bits per heavy atom. The van der Waals surface area contributed by atoms with E-state index in [2.05, 4.69) is 52.4 Å². The van der Waals surface area contributed by atoms with Crippen molar-refractivity contribution in [3.8, 4) is 0 Å². The third kappa shape index (κ3) is 4.35. The molecule has 1 heterocycles. The third-order valence-electron chi connectivity index (χ3n) is 5.27. The fraction of sp³-hybridized carbons (Fsp3) is 0.409. The molecule has 2 aromatic rings. The van der Waals surface area contributed by atoms with E-state index in [-0.39, 0.29) is 6.03 Å². The standard InChI is InChI=1S/C22H30N4O/c1-5-18-8-6-7-17(2)21(18)23-22(27)26-15-13-25(14-16-26)20-11-9-19(10-12-20)24(3)4/h6-12H,5,13-16H2,1-4H3,(H,23,27). The molecule has 0 radical (unpaired) electrons. The van der Waals surface area contributed by atoms with E-state index in [1.165, 1.54) is 16.9 Å². The first kappa shape index (κ1) is 19.1. The number of anilines is 3. The predicted molar refractivity (Wildman–Crippen MR) is 114 cm³/mol. The zero-order valence-corrected chi connectivity index (χ0v) is 16.8. The first-order valence-corrected chi connectivity index (χ1v) is 9.66. The predicted octanol–water partition coefficient (Wildman–Crippen LogP) is 3.98. The van der Waals surface area contributed by atoms with Crippen LogP contribution in [0.4, 0.5) is 21.9 Å². The molecule has 0 saturated carbocycles. The third-order valence-corrected chi connectivity index (χ3v) is 5.27. The second kappa shape index (κ2) is 8.33. The molecule has 1 fully saturated rings. The van der Waals surface area contributed by atoms with Gasteiger partial charge in [-0.2, -0.15) is 0 Å². The first-order chi connectivity index (χ1) is 13.0. The number of aryl methyl sites for hydroxylation is 2. The van der Waals surface area contributed by atoms with E-state index in [0.717, 1.165) is 43.9 Å². The molecule has 2 aromatic carbocycles. The van der Waals surface area contributed by atoms with Gasteiger partial charge >= 0.3 is 6.03 Å². The van der Waals surface area contributed by atoms with E-state index >= 15 is 0 Å². The maximum absolute atomic E-state index is 12.7. The number of nitrogens with zero attached hydrogens (tertiary/aromatic N) is 3. The van der Waals surface area contributed by atoms with Crippen LogP contribution in [0.2, 0.25) is 0 Å². The van der Waals surface area contributed by atoms with Crippen molar-refractivity contribution >= 4 is 23.1 Å². The lowest BCUT2D eigenvalue weighted by atomic mass is 10.1. The highest BCUT2D eigenvalue weighted by atomic mass is 16.2. The average molecular weight is 367 g/mol. The summed E-state index contributed by atoms with van der Waals surface area (Å²) in [6.07, 6.45) is 0.911. The number of rotatable bonds is 4. The molecule has 3 rings (SSSR count). The first-order valence-electron chi connectivity index (χ1n) is 9.66. The number of piperazine rings is 1. The molecule has 1 saturated heterocycles. The number of para-hydroxylation sites is 1. The van der Waals surface area contributed by atoms with Crippen LogP contribution < -0.4 is 15.1 Å². The summed E-state index contributed by atoms with van der Waals surface area (Å²) in [6, 6.07) is 14.8. The molecule has 0 aliphatic carbocycles. The molecule has 2 amide bonds. The van der Waals surface area contributed by atoms with Crippen molar-refractivity contribution in [2.45, 2.75) is 20.3 Å². The minimum Gasteiger partial charge on any atom is -0.378 e. The zero-order valence-electron chi connectivity index (χ0n) is 16.8. The van der Waals surface area contributed by atoms with Gasteiger partial charge in [-0.3, -0.25) is 0 Å². The van der Waals surface area contributed by atoms with Gasteiger partial charge in [0, 0.05) is 57.3 Å². The molecule has 0 spiro atoms. The maximum Gasteiger partial charge on any atom is 0.321 e. The topological polar surface area (TPSA) is 38.8 Å². The second-order valence-electron chi connectivity index (χ2n) is 7.28. The van der Waals surface area contributed by atoms with Gasteiger partial charge in [0.05, 0.1) is 0 Å². The summed E-state index contributed by atoms with van der Waals surface area (Å²) in [7, 11) is 4.09. The molecular weight excluding hydrogens is 336 g/mol. The van der Waals surface area contributed by atoms with Crippen LogP contribution in [0.25, 0.3) is 0 Å². The van der Waals surface area contributed by atoms with E-state index in [9.17, 15) is 4.79 Å². The van der Waals surface area contributed by atoms with E-state index in [0.29, 0.717) is 0 Å². The average Bonchev–Trinajstić information content (AvgIpc) is 2.69. The Morgan fingerprint density at radius 2 is 1.70 bits per heavy atom. The van der Waals surface area contributed by atoms with Crippen LogP contribution in [-0.4, -0.2) is 51.2 Å². The Morgan fingerprint density at radius 3 is 2.30 bits per heavy atom. The number of nitrogens with one attached hydrogen (secondary N) is 1. The highest BCUT2D eigenvalue weighted by Gasteiger charge is 2.22. The minimum atomic E-state index is 0.00149. The maximum atomic E-state index is 12.7. The van der Waals surface area contributed by atoms with E-state index in [1.807, 2.05) is 38.1 Å². The molecule has 27 heavy (non-hydrogen) atoms. The van der Waals surface area contributed by atoms with Gasteiger partial charge in [0.25, 0.3) is 0 Å². The molecule has 1 N–H and O–H groups in total. The summed E-state index contributed by atoms with van der Waals surface area (Å²) in [5.74, 6) is 0. The molecule has 1 aliphatic rings. The molecular formula is C22H30N4O. The van der Waals surface area contributed by atoms with Crippen LogP contribution in [0.5, 0.6) is 0 Å². The summed E-state index contributed by atoms with van der Waals surface area (Å²) < 4.78 is 0. The number of amides is 2. The smallest absolute Gasteiger partial charge is 0.321 e. The van der Waals surface area contributed by atoms with Crippen molar-refractivity contribution in [1.82, 2.24) is 4.90 Å². The summed E-state index contributed by atoms with van der Waals surface area (Å²) in [6.45, 7) is 7.32. The number of carbonyl (C=O) groups excluding carboxylic acids is 1. The van der Waals surface area contributed by atoms with Gasteiger partial charge in [0.2, 0.25) is 0 Å². The van der Waals surface area contributed by atoms with Gasteiger partial charge in [-0.1, -0.05) is 25.1 Å². The Hall–Kier alpha value is -2.69. The summed E-state index contributed by atoms with van der Waals surface area (Å²) in [4.78, 5) is 19.1. The van der Waals surface area contributed by atoms with Crippen molar-refractivity contribution in [2.24, 2.45) is 0 Å². The van der Waals surface area contributed by atoms with Crippen molar-refractivity contribution < 1.29 is 4.79 Å². The van der Waals surface area contributed by atoms with E-state index in [1.54, 1.807) is 0 Å². The second-order valence-corrected chi connectivity index (χ2v) is 7.28. The Labute approximate surface area is 162 Å². The summed E-state index contributed by atoms with van der Waals surface area (Å²) >= 11 is 0. The largest absolute Gasteiger partial charge is 0.378 e. The molecule has 5 heteroatoms. The van der Waals surface area contributed by atoms with Crippen LogP contribution in [0.15, 0.2) is 42.5 Å². The molecule has 1 aliphatic heterocycles. The number of carbonyl (C=O) groups is 1. The van der Waals surface area contributed by atoms with Gasteiger partial charge < -0.3 is 20.0 Å². The number of hydrogen-bond acceptors (Lipinski definition) is 3. The fourth-order valence-electron chi connectivity index (χ4n) is 3.52. The van der Waals surface area contributed by atoms with Crippen molar-refractivity contribution in [3.63, 3.8) is 0 Å². The Kier molecular flexibility index (Phi) is 5.89. The molecule has 5 nitrogen and oxygen atoms in total. The molecule has 144 valence electrons. The monoisotopic (exact) mass is 366 g/mol. The van der Waals surface area contributed by atoms with Crippen LogP contribution in [0, 0.1) is 6.92 Å². The van der Waals surface area contributed by atoms with Crippen molar-refractivity contribution in [1.29, 1.82) is 0 Å². The van der Waals surface area contributed by atoms with Gasteiger partial charge in [0.1, 0.15) is 0 Å². The van der Waals surface area contributed by atoms with Gasteiger partial charge in [-0.15, -0.1) is 0 Å². The summed E-state index contributed by atoms with van der Waals surface area (Å²) in [5.41, 5.74) is 5.67. The Bertz CT molecular complexity index is 777. The quantitative estimate of drug-likeness (QED) is 0.890. The van der Waals surface area contributed by atoms with Crippen LogP contribution in [0.1, 0.15) is 18.1 Å². The summed E-state index contributed by atoms with van der Waals surface area (Å²) in [5, 5.41) is 3.14. The minimum absolute atomic E-state index is 0.00149. The van der Waals surface area contributed by atoms with Crippen LogP contribution in [-0.2, 0) is 6.42 Å². The highest BCUT2D eigenvalue weighted by Crippen LogP contribution is 2.23. The van der Waals surface area contributed by atoms with Gasteiger partial charge in [-0.05, 0) is 48.7 Å². The Balaban J connectivity index is 1.60. The van der Waals surface area contributed by atoms with E-state index in [4.69, 9.17) is 0 Å². The lowest BCUT2D eigenvalue weighted by Gasteiger charge is -2.36. The number of urea groups is 1. The van der Waals surface area contributed by atoms with Gasteiger partial charge in [0.15, 0.2) is 0 Å². The lowest BCUT2D eigenvalue weighted by molar-refractivity contribution is 0.208. The molecule has 0 aromatic heterocycles. The number of benzene rings is 2. The van der Waals surface area contributed by atoms with Crippen LogP contribution >= 0.6 is 0 Å². The van der Waals surface area contributed by atoms with Crippen molar-refractivity contribution in [3.05, 3.63) is 53.6 Å². The number of hydrogen-bond donors (Lipinski definition) is 1. The van der Waals surface area contributed by atoms with E-state index < -0.39 is 0 Å². The molecule has 0 bridgehead atoms.